The number of rotatable bonds is 1. The maximum atomic E-state index is 13.0. The zero-order valence-electron chi connectivity index (χ0n) is 16.1. The molecule has 0 amide bonds. The van der Waals surface area contributed by atoms with Crippen LogP contribution in [0.4, 0.5) is 0 Å². The topological polar surface area (TPSA) is 111 Å². The molecule has 11 heteroatoms. The van der Waals surface area contributed by atoms with E-state index in [2.05, 4.69) is 5.64 Å². The average molecular weight is 497 g/mol. The van der Waals surface area contributed by atoms with E-state index in [1.54, 1.807) is 19.1 Å². The molecule has 2 N–H and O–H groups in total. The van der Waals surface area contributed by atoms with Gasteiger partial charge in [0, 0.05) is 10.0 Å². The standard InChI is InChI=1S/C21H12Cl3NO7/c1-7-2-8(22)4-11-17(7)30-21(28)15-12(6-29-25-32-19(11)15)14-16(26)10-3-9(23)5-13(24)18(10)31-20(14)27/h2-5,12,25-26H,6H2,1H3. The van der Waals surface area contributed by atoms with Gasteiger partial charge in [0.15, 0.2) is 11.3 Å². The van der Waals surface area contributed by atoms with Crippen LogP contribution in [0.2, 0.25) is 15.1 Å². The van der Waals surface area contributed by atoms with E-state index in [0.717, 1.165) is 0 Å². The summed E-state index contributed by atoms with van der Waals surface area (Å²) in [7, 11) is 0. The molecule has 1 aliphatic rings. The molecule has 2 aromatic heterocycles. The van der Waals surface area contributed by atoms with Crippen molar-refractivity contribution in [3.8, 4) is 11.5 Å². The molecule has 2 aromatic carbocycles. The molecule has 0 spiro atoms. The predicted octanol–water partition coefficient (Wildman–Crippen LogP) is 4.83. The van der Waals surface area contributed by atoms with E-state index in [9.17, 15) is 14.7 Å². The van der Waals surface area contributed by atoms with Crippen molar-refractivity contribution in [1.29, 1.82) is 0 Å². The van der Waals surface area contributed by atoms with Gasteiger partial charge in [-0.15, -0.1) is 0 Å². The fourth-order valence-corrected chi connectivity index (χ4v) is 4.67. The molecule has 0 bridgehead atoms. The summed E-state index contributed by atoms with van der Waals surface area (Å²) in [4.78, 5) is 36.6. The summed E-state index contributed by atoms with van der Waals surface area (Å²) >= 11 is 18.4. The summed E-state index contributed by atoms with van der Waals surface area (Å²) in [6, 6.07) is 5.96. The Balaban J connectivity index is 1.86. The molecule has 0 radical (unpaired) electrons. The van der Waals surface area contributed by atoms with Gasteiger partial charge in [0.1, 0.15) is 11.3 Å². The van der Waals surface area contributed by atoms with Gasteiger partial charge in [-0.25, -0.2) is 9.59 Å². The van der Waals surface area contributed by atoms with Crippen LogP contribution >= 0.6 is 34.8 Å². The Bertz CT molecular complexity index is 1540. The first-order chi connectivity index (χ1) is 15.3. The molecule has 164 valence electrons. The Kier molecular flexibility index (Phi) is 5.07. The molecule has 1 unspecified atom stereocenters. The highest BCUT2D eigenvalue weighted by molar-refractivity contribution is 6.38. The van der Waals surface area contributed by atoms with Gasteiger partial charge in [0.2, 0.25) is 0 Å². The van der Waals surface area contributed by atoms with Crippen LogP contribution in [0.25, 0.3) is 21.9 Å². The van der Waals surface area contributed by atoms with Crippen molar-refractivity contribution in [1.82, 2.24) is 5.64 Å². The van der Waals surface area contributed by atoms with Crippen molar-refractivity contribution in [2.24, 2.45) is 0 Å². The van der Waals surface area contributed by atoms with Gasteiger partial charge in [-0.05, 0) is 42.4 Å². The van der Waals surface area contributed by atoms with E-state index in [1.807, 2.05) is 0 Å². The normalized spacial score (nSPS) is 16.1. The molecule has 4 aromatic rings. The van der Waals surface area contributed by atoms with Crippen LogP contribution < -0.4 is 21.7 Å². The highest BCUT2D eigenvalue weighted by Gasteiger charge is 2.34. The molecule has 32 heavy (non-hydrogen) atoms. The number of aromatic hydroxyl groups is 1. The lowest BCUT2D eigenvalue weighted by atomic mass is 9.91. The minimum Gasteiger partial charge on any atom is -0.507 e. The van der Waals surface area contributed by atoms with Gasteiger partial charge >= 0.3 is 11.3 Å². The van der Waals surface area contributed by atoms with E-state index in [0.29, 0.717) is 16.0 Å². The van der Waals surface area contributed by atoms with Gasteiger partial charge < -0.3 is 18.8 Å². The Hall–Kier alpha value is -2.75. The first-order valence-electron chi connectivity index (χ1n) is 9.21. The second kappa shape index (κ2) is 7.68. The number of hydrogen-bond acceptors (Lipinski definition) is 8. The average Bonchev–Trinajstić information content (AvgIpc) is 2.94. The van der Waals surface area contributed by atoms with Gasteiger partial charge in [-0.1, -0.05) is 34.8 Å². The van der Waals surface area contributed by atoms with Crippen LogP contribution in [0.3, 0.4) is 0 Å². The van der Waals surface area contributed by atoms with Crippen molar-refractivity contribution in [3.63, 3.8) is 0 Å². The van der Waals surface area contributed by atoms with Gasteiger partial charge in [-0.3, -0.25) is 4.84 Å². The quantitative estimate of drug-likeness (QED) is 0.360. The fraction of sp³-hybridized carbons (Fsp3) is 0.143. The second-order valence-corrected chi connectivity index (χ2v) is 8.48. The second-order valence-electron chi connectivity index (χ2n) is 7.20. The van der Waals surface area contributed by atoms with Crippen LogP contribution in [0.15, 0.2) is 42.7 Å². The smallest absolute Gasteiger partial charge is 0.344 e. The van der Waals surface area contributed by atoms with Crippen molar-refractivity contribution < 1.29 is 23.6 Å². The van der Waals surface area contributed by atoms with Crippen LogP contribution in [-0.4, -0.2) is 11.7 Å². The molecular weight excluding hydrogens is 485 g/mol. The highest BCUT2D eigenvalue weighted by Crippen LogP contribution is 2.42. The first-order valence-corrected chi connectivity index (χ1v) is 10.3. The lowest BCUT2D eigenvalue weighted by Gasteiger charge is -2.16. The minimum atomic E-state index is -1.11. The molecule has 5 rings (SSSR count). The molecule has 8 nitrogen and oxygen atoms in total. The zero-order chi connectivity index (χ0) is 22.7. The number of aryl methyl sites for hydroxylation is 1. The first kappa shape index (κ1) is 21.1. The van der Waals surface area contributed by atoms with Crippen molar-refractivity contribution in [2.75, 3.05) is 6.61 Å². The molecule has 1 atom stereocenters. The Morgan fingerprint density at radius 2 is 1.59 bits per heavy atom. The summed E-state index contributed by atoms with van der Waals surface area (Å²) < 4.78 is 10.9. The van der Waals surface area contributed by atoms with Crippen LogP contribution in [-0.2, 0) is 4.84 Å². The third-order valence-corrected chi connectivity index (χ3v) is 5.94. The number of fused-ring (bicyclic) bond motifs is 4. The van der Waals surface area contributed by atoms with Crippen molar-refractivity contribution in [2.45, 2.75) is 12.8 Å². The fourth-order valence-electron chi connectivity index (χ4n) is 3.87. The summed E-state index contributed by atoms with van der Waals surface area (Å²) in [6.45, 7) is 1.46. The van der Waals surface area contributed by atoms with Crippen LogP contribution in [0.1, 0.15) is 22.6 Å². The van der Waals surface area contributed by atoms with Crippen LogP contribution in [0, 0.1) is 6.92 Å². The molecule has 0 aliphatic carbocycles. The molecule has 3 heterocycles. The number of benzene rings is 2. The molecule has 0 saturated heterocycles. The van der Waals surface area contributed by atoms with E-state index < -0.39 is 22.9 Å². The van der Waals surface area contributed by atoms with E-state index >= 15 is 0 Å². The van der Waals surface area contributed by atoms with Gasteiger partial charge in [-0.2, -0.15) is 0 Å². The highest BCUT2D eigenvalue weighted by atomic mass is 35.5. The van der Waals surface area contributed by atoms with Gasteiger partial charge in [0.05, 0.1) is 39.4 Å². The Labute approximate surface area is 193 Å². The molecular formula is C21H12Cl3NO7. The van der Waals surface area contributed by atoms with Gasteiger partial charge in [0.25, 0.3) is 0 Å². The molecule has 0 saturated carbocycles. The molecule has 0 fully saturated rings. The molecule has 1 aliphatic heterocycles. The van der Waals surface area contributed by atoms with Crippen LogP contribution in [0.5, 0.6) is 11.5 Å². The number of hydrogen-bond donors (Lipinski definition) is 2. The van der Waals surface area contributed by atoms with E-state index in [1.165, 1.54) is 12.1 Å². The summed E-state index contributed by atoms with van der Waals surface area (Å²) in [5.41, 5.74) is 1.11. The predicted molar refractivity (Wildman–Crippen MR) is 118 cm³/mol. The number of nitrogens with one attached hydrogen (secondary N) is 1. The zero-order valence-corrected chi connectivity index (χ0v) is 18.4. The summed E-state index contributed by atoms with van der Waals surface area (Å²) in [5, 5.41) is 12.1. The SMILES string of the molecule is Cc1cc(Cl)cc2c3c(c(=O)oc12)C(c1c(O)c2cc(Cl)cc(Cl)c2oc1=O)CONO3. The maximum absolute atomic E-state index is 13.0. The lowest BCUT2D eigenvalue weighted by molar-refractivity contribution is -0.0998. The largest absolute Gasteiger partial charge is 0.507 e. The maximum Gasteiger partial charge on any atom is 0.344 e. The summed E-state index contributed by atoms with van der Waals surface area (Å²) in [5.74, 6) is -1.52. The third kappa shape index (κ3) is 3.23. The van der Waals surface area contributed by atoms with Crippen molar-refractivity contribution >= 4 is 56.7 Å². The monoisotopic (exact) mass is 495 g/mol. The third-order valence-electron chi connectivity index (χ3n) is 5.23. The van der Waals surface area contributed by atoms with E-state index in [4.69, 9.17) is 53.3 Å². The minimum absolute atomic E-state index is 0.0422. The van der Waals surface area contributed by atoms with Crippen molar-refractivity contribution in [3.05, 3.63) is 76.9 Å². The number of halogens is 3. The van der Waals surface area contributed by atoms with E-state index in [-0.39, 0.29) is 50.1 Å². The Morgan fingerprint density at radius 1 is 0.938 bits per heavy atom. The summed E-state index contributed by atoms with van der Waals surface area (Å²) in [6.07, 6.45) is 0. The Morgan fingerprint density at radius 3 is 2.38 bits per heavy atom. The lowest BCUT2D eigenvalue weighted by Crippen LogP contribution is -2.23.